The monoisotopic (exact) mass is 396 g/mol. The third-order valence-corrected chi connectivity index (χ3v) is 4.21. The molecule has 2 aromatic heterocycles. The highest BCUT2D eigenvalue weighted by molar-refractivity contribution is 6.34. The number of rotatable bonds is 6. The maximum atomic E-state index is 12.4. The highest BCUT2D eigenvalue weighted by Crippen LogP contribution is 2.24. The van der Waals surface area contributed by atoms with E-state index in [1.807, 2.05) is 12.1 Å². The molecule has 2 heterocycles. The van der Waals surface area contributed by atoms with Gasteiger partial charge in [-0.2, -0.15) is 0 Å². The van der Waals surface area contributed by atoms with E-state index in [1.165, 1.54) is 25.3 Å². The van der Waals surface area contributed by atoms with Crippen molar-refractivity contribution in [2.75, 3.05) is 17.7 Å². The quantitative estimate of drug-likeness (QED) is 0.616. The molecule has 3 rings (SSSR count). The van der Waals surface area contributed by atoms with E-state index in [-0.39, 0.29) is 11.3 Å². The zero-order chi connectivity index (χ0) is 19.9. The number of halogens is 1. The number of amides is 1. The maximum absolute atomic E-state index is 12.4. The SMILES string of the molecule is COC(=O)c1ccc(Cl)c(NC(=O)c2ccc(NCc3ccncc3)cn2)c1. The van der Waals surface area contributed by atoms with Crippen LogP contribution in [0.3, 0.4) is 0 Å². The minimum Gasteiger partial charge on any atom is -0.465 e. The van der Waals surface area contributed by atoms with Gasteiger partial charge in [0, 0.05) is 18.9 Å². The molecule has 0 fully saturated rings. The molecule has 1 amide bonds. The maximum Gasteiger partial charge on any atom is 0.337 e. The number of pyridine rings is 2. The summed E-state index contributed by atoms with van der Waals surface area (Å²) in [6, 6.07) is 11.7. The Labute approximate surface area is 166 Å². The molecule has 1 aromatic carbocycles. The van der Waals surface area contributed by atoms with Gasteiger partial charge in [-0.15, -0.1) is 0 Å². The first-order chi connectivity index (χ1) is 13.6. The summed E-state index contributed by atoms with van der Waals surface area (Å²) in [5.41, 5.74) is 2.66. The highest BCUT2D eigenvalue weighted by Gasteiger charge is 2.13. The number of nitrogens with zero attached hydrogens (tertiary/aromatic N) is 2. The van der Waals surface area contributed by atoms with Gasteiger partial charge in [-0.05, 0) is 48.0 Å². The van der Waals surface area contributed by atoms with Crippen LogP contribution in [0.15, 0.2) is 61.1 Å². The van der Waals surface area contributed by atoms with Crippen LogP contribution in [-0.4, -0.2) is 29.0 Å². The fourth-order valence-electron chi connectivity index (χ4n) is 2.39. The summed E-state index contributed by atoms with van der Waals surface area (Å²) >= 11 is 6.10. The Balaban J connectivity index is 1.65. The van der Waals surface area contributed by atoms with Crippen LogP contribution in [0.5, 0.6) is 0 Å². The Morgan fingerprint density at radius 2 is 1.89 bits per heavy atom. The number of hydrogen-bond acceptors (Lipinski definition) is 6. The number of methoxy groups -OCH3 is 1. The van der Waals surface area contributed by atoms with Crippen LogP contribution in [-0.2, 0) is 11.3 Å². The van der Waals surface area contributed by atoms with Gasteiger partial charge >= 0.3 is 5.97 Å². The van der Waals surface area contributed by atoms with Crippen LogP contribution >= 0.6 is 11.6 Å². The molecule has 0 saturated heterocycles. The van der Waals surface area contributed by atoms with Crippen molar-refractivity contribution in [3.05, 3.63) is 82.9 Å². The van der Waals surface area contributed by atoms with E-state index in [4.69, 9.17) is 11.6 Å². The van der Waals surface area contributed by atoms with Gasteiger partial charge in [-0.1, -0.05) is 11.6 Å². The summed E-state index contributed by atoms with van der Waals surface area (Å²) in [4.78, 5) is 32.2. The van der Waals surface area contributed by atoms with Gasteiger partial charge in [0.05, 0.1) is 35.3 Å². The van der Waals surface area contributed by atoms with Gasteiger partial charge in [0.1, 0.15) is 5.69 Å². The number of hydrogen-bond donors (Lipinski definition) is 2. The summed E-state index contributed by atoms with van der Waals surface area (Å²) in [6.07, 6.45) is 5.02. The van der Waals surface area contributed by atoms with E-state index in [9.17, 15) is 9.59 Å². The molecule has 142 valence electrons. The van der Waals surface area contributed by atoms with Crippen LogP contribution < -0.4 is 10.6 Å². The molecule has 0 aliphatic carbocycles. The van der Waals surface area contributed by atoms with Crippen molar-refractivity contribution in [1.82, 2.24) is 9.97 Å². The predicted molar refractivity (Wildman–Crippen MR) is 107 cm³/mol. The molecule has 7 nitrogen and oxygen atoms in total. The zero-order valence-electron chi connectivity index (χ0n) is 15.0. The summed E-state index contributed by atoms with van der Waals surface area (Å²) in [6.45, 7) is 0.617. The second-order valence-electron chi connectivity index (χ2n) is 5.78. The minimum absolute atomic E-state index is 0.217. The summed E-state index contributed by atoms with van der Waals surface area (Å²) in [5.74, 6) is -0.959. The van der Waals surface area contributed by atoms with Crippen molar-refractivity contribution in [2.24, 2.45) is 0 Å². The molecule has 28 heavy (non-hydrogen) atoms. The predicted octanol–water partition coefficient (Wildman–Crippen LogP) is 3.78. The van der Waals surface area contributed by atoms with E-state index in [2.05, 4.69) is 25.3 Å². The first kappa shape index (κ1) is 19.3. The number of esters is 1. The highest BCUT2D eigenvalue weighted by atomic mass is 35.5. The molecule has 0 radical (unpaired) electrons. The number of ether oxygens (including phenoxy) is 1. The van der Waals surface area contributed by atoms with Crippen LogP contribution in [0, 0.1) is 0 Å². The number of nitrogens with one attached hydrogen (secondary N) is 2. The Bertz CT molecular complexity index is 979. The lowest BCUT2D eigenvalue weighted by Crippen LogP contribution is -2.14. The average Bonchev–Trinajstić information content (AvgIpc) is 2.74. The fourth-order valence-corrected chi connectivity index (χ4v) is 2.55. The molecule has 0 unspecified atom stereocenters. The third-order valence-electron chi connectivity index (χ3n) is 3.88. The van der Waals surface area contributed by atoms with E-state index in [1.54, 1.807) is 30.7 Å². The largest absolute Gasteiger partial charge is 0.465 e. The van der Waals surface area contributed by atoms with Crippen LogP contribution in [0.4, 0.5) is 11.4 Å². The van der Waals surface area contributed by atoms with Crippen molar-refractivity contribution >= 4 is 34.9 Å². The lowest BCUT2D eigenvalue weighted by molar-refractivity contribution is 0.0600. The van der Waals surface area contributed by atoms with E-state index in [0.717, 1.165) is 11.3 Å². The third kappa shape index (κ3) is 4.83. The Kier molecular flexibility index (Phi) is 6.18. The van der Waals surface area contributed by atoms with Crippen molar-refractivity contribution in [2.45, 2.75) is 6.54 Å². The molecule has 0 aliphatic heterocycles. The van der Waals surface area contributed by atoms with E-state index >= 15 is 0 Å². The first-order valence-corrected chi connectivity index (χ1v) is 8.72. The van der Waals surface area contributed by atoms with Gasteiger partial charge in [0.2, 0.25) is 0 Å². The number of benzene rings is 1. The molecule has 0 spiro atoms. The molecule has 2 N–H and O–H groups in total. The van der Waals surface area contributed by atoms with E-state index in [0.29, 0.717) is 17.3 Å². The van der Waals surface area contributed by atoms with Crippen LogP contribution in [0.1, 0.15) is 26.4 Å². The molecule has 8 heteroatoms. The summed E-state index contributed by atoms with van der Waals surface area (Å²) in [7, 11) is 1.28. The average molecular weight is 397 g/mol. The Hall–Kier alpha value is -3.45. The molecule has 0 saturated carbocycles. The number of aromatic nitrogens is 2. The second-order valence-corrected chi connectivity index (χ2v) is 6.19. The van der Waals surface area contributed by atoms with Gasteiger partial charge < -0.3 is 15.4 Å². The number of carbonyl (C=O) groups is 2. The molecular formula is C20H17ClN4O3. The van der Waals surface area contributed by atoms with Crippen molar-refractivity contribution in [1.29, 1.82) is 0 Å². The van der Waals surface area contributed by atoms with Crippen molar-refractivity contribution in [3.63, 3.8) is 0 Å². The normalized spacial score (nSPS) is 10.2. The molecule has 0 bridgehead atoms. The number of carbonyl (C=O) groups excluding carboxylic acids is 2. The van der Waals surface area contributed by atoms with Crippen molar-refractivity contribution in [3.8, 4) is 0 Å². The smallest absolute Gasteiger partial charge is 0.337 e. The zero-order valence-corrected chi connectivity index (χ0v) is 15.7. The summed E-state index contributed by atoms with van der Waals surface area (Å²) < 4.78 is 4.67. The van der Waals surface area contributed by atoms with E-state index < -0.39 is 11.9 Å². The lowest BCUT2D eigenvalue weighted by Gasteiger charge is -2.10. The molecular weight excluding hydrogens is 380 g/mol. The molecule has 0 aliphatic rings. The molecule has 0 atom stereocenters. The van der Waals surface area contributed by atoms with Gasteiger partial charge in [-0.25, -0.2) is 9.78 Å². The van der Waals surface area contributed by atoms with Crippen molar-refractivity contribution < 1.29 is 14.3 Å². The second kappa shape index (κ2) is 8.96. The Morgan fingerprint density at radius 3 is 2.57 bits per heavy atom. The minimum atomic E-state index is -0.519. The standard InChI is InChI=1S/C20H17ClN4O3/c1-28-20(27)14-2-4-16(21)18(10-14)25-19(26)17-5-3-15(12-24-17)23-11-13-6-8-22-9-7-13/h2-10,12,23H,11H2,1H3,(H,25,26). The molecule has 3 aromatic rings. The fraction of sp³-hybridized carbons (Fsp3) is 0.100. The first-order valence-electron chi connectivity index (χ1n) is 8.35. The van der Waals surface area contributed by atoms with Gasteiger partial charge in [-0.3, -0.25) is 9.78 Å². The number of anilines is 2. The Morgan fingerprint density at radius 1 is 1.11 bits per heavy atom. The van der Waals surface area contributed by atoms with Gasteiger partial charge in [0.25, 0.3) is 5.91 Å². The van der Waals surface area contributed by atoms with Crippen LogP contribution in [0.2, 0.25) is 5.02 Å². The lowest BCUT2D eigenvalue weighted by atomic mass is 10.2. The van der Waals surface area contributed by atoms with Crippen LogP contribution in [0.25, 0.3) is 0 Å². The van der Waals surface area contributed by atoms with Gasteiger partial charge in [0.15, 0.2) is 0 Å². The topological polar surface area (TPSA) is 93.2 Å². The summed E-state index contributed by atoms with van der Waals surface area (Å²) in [5, 5.41) is 6.17.